The zero-order valence-corrected chi connectivity index (χ0v) is 15.0. The lowest BCUT2D eigenvalue weighted by Gasteiger charge is -2.40. The molecular weight excluding hydrogens is 320 g/mol. The highest BCUT2D eigenvalue weighted by molar-refractivity contribution is 5.75. The highest BCUT2D eigenvalue weighted by Crippen LogP contribution is 2.26. The Hall–Kier alpha value is -1.22. The Balaban J connectivity index is 2.76. The second-order valence-electron chi connectivity index (χ2n) is 8.02. The van der Waals surface area contributed by atoms with Crippen LogP contribution in [0.25, 0.3) is 0 Å². The Morgan fingerprint density at radius 2 is 1.38 bits per heavy atom. The lowest BCUT2D eigenvalue weighted by molar-refractivity contribution is -0.295. The van der Waals surface area contributed by atoms with E-state index in [4.69, 9.17) is 14.2 Å². The third-order valence-corrected chi connectivity index (χ3v) is 3.50. The molecule has 24 heavy (non-hydrogen) atoms. The van der Waals surface area contributed by atoms with E-state index in [2.05, 4.69) is 0 Å². The van der Waals surface area contributed by atoms with Crippen molar-refractivity contribution in [3.8, 4) is 0 Å². The molecule has 0 aromatic heterocycles. The smallest absolute Gasteiger partial charge is 0.313 e. The number of carbonyl (C=O) groups is 2. The van der Waals surface area contributed by atoms with Gasteiger partial charge in [-0.05, 0) is 41.5 Å². The van der Waals surface area contributed by atoms with E-state index in [1.807, 2.05) is 0 Å². The molecule has 0 radical (unpaired) electrons. The summed E-state index contributed by atoms with van der Waals surface area (Å²) in [5.74, 6) is -1.15. The number of rotatable bonds is 3. The number of esters is 2. The van der Waals surface area contributed by atoms with Crippen LogP contribution in [-0.2, 0) is 23.8 Å². The number of aliphatic hydroxyl groups is 3. The van der Waals surface area contributed by atoms with Gasteiger partial charge in [0.05, 0.1) is 10.8 Å². The molecule has 0 amide bonds. The Bertz CT molecular complexity index is 460. The first-order valence-corrected chi connectivity index (χ1v) is 7.83. The van der Waals surface area contributed by atoms with Gasteiger partial charge in [0, 0.05) is 0 Å². The van der Waals surface area contributed by atoms with Gasteiger partial charge in [-0.3, -0.25) is 9.59 Å². The molecule has 0 spiro atoms. The summed E-state index contributed by atoms with van der Waals surface area (Å²) < 4.78 is 15.5. The van der Waals surface area contributed by atoms with Crippen molar-refractivity contribution in [3.05, 3.63) is 0 Å². The molecule has 1 aliphatic rings. The van der Waals surface area contributed by atoms with E-state index in [1.54, 1.807) is 41.5 Å². The fourth-order valence-electron chi connectivity index (χ4n) is 1.81. The fourth-order valence-corrected chi connectivity index (χ4v) is 1.81. The Kier molecular flexibility index (Phi) is 6.37. The van der Waals surface area contributed by atoms with Crippen LogP contribution in [0.4, 0.5) is 0 Å². The first-order chi connectivity index (χ1) is 10.7. The van der Waals surface area contributed by atoms with Crippen LogP contribution >= 0.6 is 0 Å². The normalized spacial score (nSPS) is 31.5. The second-order valence-corrected chi connectivity index (χ2v) is 8.02. The van der Waals surface area contributed by atoms with Gasteiger partial charge in [-0.1, -0.05) is 0 Å². The lowest BCUT2D eigenvalue weighted by Crippen LogP contribution is -2.60. The third kappa shape index (κ3) is 5.14. The van der Waals surface area contributed by atoms with Gasteiger partial charge < -0.3 is 29.5 Å². The molecular formula is C16H28O8. The molecule has 0 aliphatic carbocycles. The topological polar surface area (TPSA) is 123 Å². The maximum absolute atomic E-state index is 11.9. The van der Waals surface area contributed by atoms with Crippen molar-refractivity contribution >= 4 is 11.9 Å². The molecule has 0 bridgehead atoms. The highest BCUT2D eigenvalue weighted by atomic mass is 16.7. The van der Waals surface area contributed by atoms with E-state index in [9.17, 15) is 24.9 Å². The minimum Gasteiger partial charge on any atom is -0.462 e. The average molecular weight is 348 g/mol. The molecule has 8 heteroatoms. The summed E-state index contributed by atoms with van der Waals surface area (Å²) >= 11 is 0. The molecule has 1 aliphatic heterocycles. The maximum Gasteiger partial charge on any atom is 0.313 e. The van der Waals surface area contributed by atoms with Crippen molar-refractivity contribution in [1.29, 1.82) is 0 Å². The van der Waals surface area contributed by atoms with Crippen LogP contribution in [0.5, 0.6) is 0 Å². The van der Waals surface area contributed by atoms with E-state index in [-0.39, 0.29) is 6.61 Å². The predicted octanol–water partition coefficient (Wildman–Crippen LogP) is -0.0274. The first kappa shape index (κ1) is 20.8. The molecule has 1 saturated heterocycles. The van der Waals surface area contributed by atoms with Crippen LogP contribution < -0.4 is 0 Å². The van der Waals surface area contributed by atoms with Gasteiger partial charge in [-0.15, -0.1) is 0 Å². The van der Waals surface area contributed by atoms with Crippen LogP contribution in [0.15, 0.2) is 0 Å². The van der Waals surface area contributed by atoms with E-state index in [0.717, 1.165) is 0 Å². The zero-order chi connectivity index (χ0) is 18.9. The van der Waals surface area contributed by atoms with Gasteiger partial charge in [0.2, 0.25) is 6.29 Å². The summed E-state index contributed by atoms with van der Waals surface area (Å²) in [6, 6.07) is 0. The van der Waals surface area contributed by atoms with Gasteiger partial charge in [0.25, 0.3) is 0 Å². The molecule has 8 nitrogen and oxygen atoms in total. The minimum absolute atomic E-state index is 0.343. The maximum atomic E-state index is 11.9. The van der Waals surface area contributed by atoms with Crippen molar-refractivity contribution in [2.45, 2.75) is 72.2 Å². The van der Waals surface area contributed by atoms with Crippen LogP contribution in [0, 0.1) is 10.8 Å². The van der Waals surface area contributed by atoms with Crippen LogP contribution in [0.3, 0.4) is 0 Å². The standard InChI is InChI=1S/C16H28O8/c1-15(2,3)13(20)22-7-8-9(17)10(18)11(19)12(23-8)24-14(21)16(4,5)6/h8-12,17-19H,7H2,1-6H3/t8-,9+,10+,11-,12-/m1/s1. The SMILES string of the molecule is CC(C)(C)C(=O)OC[C@H]1O[C@H](OC(=O)C(C)(C)C)[C@H](O)[C@@H](O)[C@H]1O. The monoisotopic (exact) mass is 348 g/mol. The summed E-state index contributed by atoms with van der Waals surface area (Å²) in [4.78, 5) is 23.7. The van der Waals surface area contributed by atoms with Crippen molar-refractivity contribution in [3.63, 3.8) is 0 Å². The van der Waals surface area contributed by atoms with Gasteiger partial charge in [-0.25, -0.2) is 0 Å². The van der Waals surface area contributed by atoms with Crippen molar-refractivity contribution in [2.24, 2.45) is 10.8 Å². The van der Waals surface area contributed by atoms with E-state index >= 15 is 0 Å². The third-order valence-electron chi connectivity index (χ3n) is 3.50. The Morgan fingerprint density at radius 3 is 1.83 bits per heavy atom. The molecule has 1 rings (SSSR count). The van der Waals surface area contributed by atoms with Gasteiger partial charge in [0.15, 0.2) is 0 Å². The summed E-state index contributed by atoms with van der Waals surface area (Å²) in [6.45, 7) is 9.53. The predicted molar refractivity (Wildman–Crippen MR) is 82.6 cm³/mol. The highest BCUT2D eigenvalue weighted by Gasteiger charge is 2.47. The minimum atomic E-state index is -1.61. The summed E-state index contributed by atoms with van der Waals surface area (Å²) in [5, 5.41) is 29.8. The molecule has 5 atom stereocenters. The fraction of sp³-hybridized carbons (Fsp3) is 0.875. The molecule has 0 unspecified atom stereocenters. The summed E-state index contributed by atoms with van der Waals surface area (Å²) in [6.07, 6.45) is -7.30. The van der Waals surface area contributed by atoms with E-state index < -0.39 is 53.5 Å². The molecule has 0 saturated carbocycles. The van der Waals surface area contributed by atoms with Gasteiger partial charge in [0.1, 0.15) is 31.0 Å². The van der Waals surface area contributed by atoms with Crippen molar-refractivity contribution in [2.75, 3.05) is 6.61 Å². The number of carbonyl (C=O) groups excluding carboxylic acids is 2. The van der Waals surface area contributed by atoms with Crippen LogP contribution in [-0.4, -0.2) is 64.6 Å². The number of hydrogen-bond donors (Lipinski definition) is 3. The molecule has 1 heterocycles. The average Bonchev–Trinajstić information content (AvgIpc) is 2.44. The quantitative estimate of drug-likeness (QED) is 0.608. The second kappa shape index (κ2) is 7.35. The van der Waals surface area contributed by atoms with Crippen molar-refractivity contribution in [1.82, 2.24) is 0 Å². The first-order valence-electron chi connectivity index (χ1n) is 7.83. The van der Waals surface area contributed by atoms with Gasteiger partial charge >= 0.3 is 11.9 Å². The molecule has 0 aromatic carbocycles. The van der Waals surface area contributed by atoms with E-state index in [1.165, 1.54) is 0 Å². The Morgan fingerprint density at radius 1 is 0.875 bits per heavy atom. The Labute approximate surface area is 141 Å². The lowest BCUT2D eigenvalue weighted by atomic mass is 9.96. The largest absolute Gasteiger partial charge is 0.462 e. The number of hydrogen-bond acceptors (Lipinski definition) is 8. The molecule has 1 fully saturated rings. The number of ether oxygens (including phenoxy) is 3. The van der Waals surface area contributed by atoms with Crippen LogP contribution in [0.2, 0.25) is 0 Å². The zero-order valence-electron chi connectivity index (χ0n) is 15.0. The summed E-state index contributed by atoms with van der Waals surface area (Å²) in [5.41, 5.74) is -1.58. The summed E-state index contributed by atoms with van der Waals surface area (Å²) in [7, 11) is 0. The van der Waals surface area contributed by atoms with E-state index in [0.29, 0.717) is 0 Å². The molecule has 140 valence electrons. The van der Waals surface area contributed by atoms with Crippen LogP contribution in [0.1, 0.15) is 41.5 Å². The van der Waals surface area contributed by atoms with Gasteiger partial charge in [-0.2, -0.15) is 0 Å². The molecule has 0 aromatic rings. The molecule has 3 N–H and O–H groups in total. The van der Waals surface area contributed by atoms with Crippen molar-refractivity contribution < 1.29 is 39.1 Å². The number of aliphatic hydroxyl groups excluding tert-OH is 3.